The third-order valence-corrected chi connectivity index (χ3v) is 6.96. The van der Waals surface area contributed by atoms with Gasteiger partial charge in [0.25, 0.3) is 0 Å². The second kappa shape index (κ2) is 7.36. The van der Waals surface area contributed by atoms with Crippen LogP contribution in [0.3, 0.4) is 0 Å². The van der Waals surface area contributed by atoms with Gasteiger partial charge in [-0.25, -0.2) is 0 Å². The summed E-state index contributed by atoms with van der Waals surface area (Å²) in [4.78, 5) is 1.31. The van der Waals surface area contributed by atoms with Crippen molar-refractivity contribution < 1.29 is 4.74 Å². The van der Waals surface area contributed by atoms with E-state index in [2.05, 4.69) is 67.5 Å². The molecule has 0 fully saturated rings. The zero-order valence-electron chi connectivity index (χ0n) is 17.2. The SMILES string of the molecule is CC1(C)Sc2cc(C(C)(C)C)c(c(C(C)(C)C)c2)OCCCC(N)S1. The molecular weight excluding hydrogens is 346 g/mol. The first-order valence-corrected chi connectivity index (χ1v) is 10.9. The Labute approximate surface area is 163 Å². The van der Waals surface area contributed by atoms with E-state index >= 15 is 0 Å². The van der Waals surface area contributed by atoms with E-state index in [4.69, 9.17) is 10.5 Å². The molecule has 0 saturated heterocycles. The molecule has 142 valence electrons. The second-order valence-corrected chi connectivity index (χ2v) is 13.3. The van der Waals surface area contributed by atoms with Crippen LogP contribution < -0.4 is 10.5 Å². The third kappa shape index (κ3) is 5.58. The lowest BCUT2D eigenvalue weighted by Crippen LogP contribution is -2.25. The Morgan fingerprint density at radius 1 is 1.04 bits per heavy atom. The van der Waals surface area contributed by atoms with Crippen molar-refractivity contribution in [2.45, 2.75) is 93.4 Å². The summed E-state index contributed by atoms with van der Waals surface area (Å²) >= 11 is 3.79. The molecule has 1 aromatic carbocycles. The van der Waals surface area contributed by atoms with E-state index in [9.17, 15) is 0 Å². The first-order valence-electron chi connectivity index (χ1n) is 9.24. The lowest BCUT2D eigenvalue weighted by Gasteiger charge is -2.33. The van der Waals surface area contributed by atoms with Gasteiger partial charge >= 0.3 is 0 Å². The average molecular weight is 382 g/mol. The summed E-state index contributed by atoms with van der Waals surface area (Å²) in [5.41, 5.74) is 9.05. The van der Waals surface area contributed by atoms with Crippen LogP contribution in [0.1, 0.15) is 79.4 Å². The molecule has 1 aromatic rings. The maximum atomic E-state index is 6.37. The van der Waals surface area contributed by atoms with Crippen molar-refractivity contribution in [3.05, 3.63) is 23.3 Å². The number of benzene rings is 1. The average Bonchev–Trinajstić information content (AvgIpc) is 2.39. The molecule has 2 N–H and O–H groups in total. The minimum Gasteiger partial charge on any atom is -0.493 e. The molecule has 0 spiro atoms. The molecule has 2 heterocycles. The van der Waals surface area contributed by atoms with Crippen molar-refractivity contribution in [1.29, 1.82) is 0 Å². The summed E-state index contributed by atoms with van der Waals surface area (Å²) in [6.45, 7) is 19.0. The Balaban J connectivity index is 2.65. The standard InChI is InChI=1S/C21H35NOS2/c1-19(2,3)15-12-14-13-16(20(4,5)6)18(15)23-11-9-10-17(22)25-21(7,8)24-14/h12-13,17H,9-11,22H2,1-8H3. The van der Waals surface area contributed by atoms with E-state index in [1.54, 1.807) is 0 Å². The van der Waals surface area contributed by atoms with Crippen molar-refractivity contribution >= 4 is 23.5 Å². The van der Waals surface area contributed by atoms with Crippen molar-refractivity contribution in [3.8, 4) is 5.75 Å². The zero-order valence-corrected chi connectivity index (χ0v) is 18.8. The molecule has 0 radical (unpaired) electrons. The number of fused-ring (bicyclic) bond motifs is 9. The van der Waals surface area contributed by atoms with Crippen LogP contribution in [-0.2, 0) is 10.8 Å². The van der Waals surface area contributed by atoms with Gasteiger partial charge in [0, 0.05) is 16.0 Å². The predicted octanol–water partition coefficient (Wildman–Crippen LogP) is 6.30. The van der Waals surface area contributed by atoms with Gasteiger partial charge < -0.3 is 10.5 Å². The summed E-state index contributed by atoms with van der Waals surface area (Å²) in [7, 11) is 0. The minimum absolute atomic E-state index is 0.0453. The number of ether oxygens (including phenoxy) is 1. The van der Waals surface area contributed by atoms with Gasteiger partial charge in [-0.05, 0) is 49.7 Å². The van der Waals surface area contributed by atoms with E-state index in [-0.39, 0.29) is 20.3 Å². The van der Waals surface area contributed by atoms with Crippen LogP contribution in [0.15, 0.2) is 17.0 Å². The molecule has 2 aliphatic rings. The van der Waals surface area contributed by atoms with Crippen molar-refractivity contribution in [2.75, 3.05) is 6.61 Å². The highest BCUT2D eigenvalue weighted by Gasteiger charge is 2.31. The Morgan fingerprint density at radius 3 is 2.04 bits per heavy atom. The monoisotopic (exact) mass is 381 g/mol. The van der Waals surface area contributed by atoms with E-state index in [0.717, 1.165) is 25.2 Å². The summed E-state index contributed by atoms with van der Waals surface area (Å²) in [5.74, 6) is 1.09. The second-order valence-electron chi connectivity index (χ2n) is 9.50. The van der Waals surface area contributed by atoms with Gasteiger partial charge in [0.05, 0.1) is 16.1 Å². The molecular formula is C21H35NOS2. The minimum atomic E-state index is 0.0453. The normalized spacial score (nSPS) is 22.0. The topological polar surface area (TPSA) is 35.2 Å². The molecule has 2 bridgehead atoms. The van der Waals surface area contributed by atoms with Gasteiger partial charge in [0.15, 0.2) is 0 Å². The van der Waals surface area contributed by atoms with E-state index in [0.29, 0.717) is 0 Å². The Bertz CT molecular complexity index is 576. The molecule has 2 nitrogen and oxygen atoms in total. The fourth-order valence-electron chi connectivity index (χ4n) is 3.12. The van der Waals surface area contributed by atoms with Gasteiger partial charge in [-0.15, -0.1) is 23.5 Å². The molecule has 1 atom stereocenters. The summed E-state index contributed by atoms with van der Waals surface area (Å²) in [6.07, 6.45) is 1.98. The fraction of sp³-hybridized carbons (Fsp3) is 0.714. The molecule has 25 heavy (non-hydrogen) atoms. The summed E-state index contributed by atoms with van der Waals surface area (Å²) in [6, 6.07) is 4.68. The number of hydrogen-bond acceptors (Lipinski definition) is 4. The fourth-order valence-corrected chi connectivity index (χ4v) is 5.91. The van der Waals surface area contributed by atoms with E-state index in [1.807, 2.05) is 23.5 Å². The molecule has 1 unspecified atom stereocenters. The number of rotatable bonds is 0. The first-order chi connectivity index (χ1) is 11.3. The largest absolute Gasteiger partial charge is 0.493 e. The van der Waals surface area contributed by atoms with Gasteiger partial charge in [0.2, 0.25) is 0 Å². The van der Waals surface area contributed by atoms with Crippen molar-refractivity contribution in [1.82, 2.24) is 0 Å². The van der Waals surface area contributed by atoms with Crippen LogP contribution in [0.25, 0.3) is 0 Å². The molecule has 2 aliphatic heterocycles. The zero-order chi connectivity index (χ0) is 19.0. The number of nitrogens with two attached hydrogens (primary N) is 1. The maximum absolute atomic E-state index is 6.37. The summed E-state index contributed by atoms with van der Waals surface area (Å²) in [5, 5.41) is 0.159. The molecule has 0 aliphatic carbocycles. The molecule has 3 rings (SSSR count). The molecule has 4 heteroatoms. The lowest BCUT2D eigenvalue weighted by molar-refractivity contribution is 0.290. The maximum Gasteiger partial charge on any atom is 0.126 e. The lowest BCUT2D eigenvalue weighted by atomic mass is 9.79. The van der Waals surface area contributed by atoms with Crippen LogP contribution in [0.5, 0.6) is 5.75 Å². The predicted molar refractivity (Wildman–Crippen MR) is 114 cm³/mol. The smallest absolute Gasteiger partial charge is 0.126 e. The van der Waals surface area contributed by atoms with Crippen LogP contribution in [0.2, 0.25) is 0 Å². The molecule has 0 aromatic heterocycles. The van der Waals surface area contributed by atoms with Gasteiger partial charge in [-0.1, -0.05) is 41.5 Å². The third-order valence-electron chi connectivity index (χ3n) is 4.36. The summed E-state index contributed by atoms with van der Waals surface area (Å²) < 4.78 is 6.42. The van der Waals surface area contributed by atoms with Gasteiger partial charge in [0.1, 0.15) is 5.75 Å². The van der Waals surface area contributed by atoms with Crippen LogP contribution in [0, 0.1) is 0 Å². The Kier molecular flexibility index (Phi) is 6.18. The van der Waals surface area contributed by atoms with Crippen molar-refractivity contribution in [3.63, 3.8) is 0 Å². The highest BCUT2D eigenvalue weighted by Crippen LogP contribution is 2.48. The molecule has 0 saturated carbocycles. The Morgan fingerprint density at radius 2 is 1.56 bits per heavy atom. The highest BCUT2D eigenvalue weighted by molar-refractivity contribution is 8.18. The van der Waals surface area contributed by atoms with E-state index < -0.39 is 0 Å². The number of thioether (sulfide) groups is 2. The number of hydrogen-bond donors (Lipinski definition) is 1. The van der Waals surface area contributed by atoms with Crippen LogP contribution in [0.4, 0.5) is 0 Å². The van der Waals surface area contributed by atoms with Crippen LogP contribution in [-0.4, -0.2) is 16.1 Å². The van der Waals surface area contributed by atoms with Crippen LogP contribution >= 0.6 is 23.5 Å². The van der Waals surface area contributed by atoms with E-state index in [1.165, 1.54) is 16.0 Å². The first kappa shape index (κ1) is 21.0. The Hall–Kier alpha value is -0.320. The van der Waals surface area contributed by atoms with Gasteiger partial charge in [-0.2, -0.15) is 0 Å². The highest BCUT2D eigenvalue weighted by atomic mass is 32.2. The molecule has 0 amide bonds. The van der Waals surface area contributed by atoms with Gasteiger partial charge in [-0.3, -0.25) is 0 Å². The quantitative estimate of drug-likeness (QED) is 0.572. The van der Waals surface area contributed by atoms with Crippen molar-refractivity contribution in [2.24, 2.45) is 5.73 Å².